The zero-order valence-electron chi connectivity index (χ0n) is 12.1. The number of nitrogens with zero attached hydrogens (tertiary/aromatic N) is 2. The van der Waals surface area contributed by atoms with Gasteiger partial charge in [-0.15, -0.1) is 0 Å². The molecule has 4 nitrogen and oxygen atoms in total. The standard InChI is InChI=1S/C15H25N3O/c1-3-10-16-12-13-7-6-11-18(13)14-8-5-9-15(17-14)19-4-2/h5,8-9,13,16H,3-4,6-7,10-12H2,1-2H3. The van der Waals surface area contributed by atoms with Crippen molar-refractivity contribution in [3.05, 3.63) is 18.2 Å². The first-order valence-corrected chi connectivity index (χ1v) is 7.42. The smallest absolute Gasteiger partial charge is 0.215 e. The fraction of sp³-hybridized carbons (Fsp3) is 0.667. The summed E-state index contributed by atoms with van der Waals surface area (Å²) in [6, 6.07) is 6.60. The Bertz CT molecular complexity index is 383. The Labute approximate surface area is 116 Å². The van der Waals surface area contributed by atoms with Gasteiger partial charge in [-0.05, 0) is 38.8 Å². The van der Waals surface area contributed by atoms with Crippen molar-refractivity contribution in [2.24, 2.45) is 0 Å². The maximum Gasteiger partial charge on any atom is 0.215 e. The van der Waals surface area contributed by atoms with Crippen molar-refractivity contribution < 1.29 is 4.74 Å². The van der Waals surface area contributed by atoms with Crippen LogP contribution in [-0.4, -0.2) is 37.3 Å². The lowest BCUT2D eigenvalue weighted by atomic mass is 10.2. The third-order valence-corrected chi connectivity index (χ3v) is 3.48. The molecule has 1 saturated heterocycles. The Kier molecular flexibility index (Phi) is 5.45. The van der Waals surface area contributed by atoms with Crippen molar-refractivity contribution in [3.8, 4) is 5.88 Å². The van der Waals surface area contributed by atoms with Gasteiger partial charge in [0.15, 0.2) is 0 Å². The van der Waals surface area contributed by atoms with Gasteiger partial charge >= 0.3 is 0 Å². The molecule has 1 fully saturated rings. The second-order valence-corrected chi connectivity index (χ2v) is 4.96. The number of rotatable bonds is 7. The van der Waals surface area contributed by atoms with Crippen LogP contribution < -0.4 is 15.0 Å². The number of hydrogen-bond acceptors (Lipinski definition) is 4. The topological polar surface area (TPSA) is 37.4 Å². The lowest BCUT2D eigenvalue weighted by Gasteiger charge is -2.26. The van der Waals surface area contributed by atoms with Gasteiger partial charge in [-0.1, -0.05) is 13.0 Å². The molecular formula is C15H25N3O. The van der Waals surface area contributed by atoms with Gasteiger partial charge < -0.3 is 15.0 Å². The van der Waals surface area contributed by atoms with Gasteiger partial charge in [0.1, 0.15) is 5.82 Å². The summed E-state index contributed by atoms with van der Waals surface area (Å²) >= 11 is 0. The maximum atomic E-state index is 5.49. The fourth-order valence-electron chi connectivity index (χ4n) is 2.59. The van der Waals surface area contributed by atoms with Crippen LogP contribution in [0.25, 0.3) is 0 Å². The van der Waals surface area contributed by atoms with E-state index in [1.807, 2.05) is 19.1 Å². The van der Waals surface area contributed by atoms with Crippen molar-refractivity contribution >= 4 is 5.82 Å². The number of anilines is 1. The molecule has 0 aromatic carbocycles. The molecule has 0 bridgehead atoms. The van der Waals surface area contributed by atoms with Crippen LogP contribution in [0.5, 0.6) is 5.88 Å². The quantitative estimate of drug-likeness (QED) is 0.767. The molecule has 1 N–H and O–H groups in total. The minimum Gasteiger partial charge on any atom is -0.478 e. The molecule has 19 heavy (non-hydrogen) atoms. The van der Waals surface area contributed by atoms with E-state index in [0.29, 0.717) is 12.6 Å². The van der Waals surface area contributed by atoms with Crippen LogP contribution in [-0.2, 0) is 0 Å². The van der Waals surface area contributed by atoms with Crippen LogP contribution in [0.3, 0.4) is 0 Å². The normalized spacial score (nSPS) is 18.8. The molecular weight excluding hydrogens is 238 g/mol. The van der Waals surface area contributed by atoms with Crippen LogP contribution in [0.2, 0.25) is 0 Å². The fourth-order valence-corrected chi connectivity index (χ4v) is 2.59. The highest BCUT2D eigenvalue weighted by Gasteiger charge is 2.25. The van der Waals surface area contributed by atoms with E-state index in [9.17, 15) is 0 Å². The van der Waals surface area contributed by atoms with Crippen LogP contribution in [0.1, 0.15) is 33.1 Å². The molecule has 1 atom stereocenters. The molecule has 2 heterocycles. The predicted molar refractivity (Wildman–Crippen MR) is 78.9 cm³/mol. The molecule has 1 unspecified atom stereocenters. The summed E-state index contributed by atoms with van der Waals surface area (Å²) in [4.78, 5) is 7.01. The molecule has 106 valence electrons. The Hall–Kier alpha value is -1.29. The summed E-state index contributed by atoms with van der Waals surface area (Å²) < 4.78 is 5.49. The summed E-state index contributed by atoms with van der Waals surface area (Å²) in [5.74, 6) is 1.78. The largest absolute Gasteiger partial charge is 0.478 e. The molecule has 0 aliphatic carbocycles. The van der Waals surface area contributed by atoms with E-state index in [0.717, 1.165) is 31.3 Å². The zero-order valence-corrected chi connectivity index (χ0v) is 12.1. The van der Waals surface area contributed by atoms with Crippen molar-refractivity contribution in [2.45, 2.75) is 39.2 Å². The van der Waals surface area contributed by atoms with Crippen molar-refractivity contribution in [3.63, 3.8) is 0 Å². The summed E-state index contributed by atoms with van der Waals surface area (Å²) in [5, 5.41) is 3.52. The summed E-state index contributed by atoms with van der Waals surface area (Å²) in [6.07, 6.45) is 3.68. The van der Waals surface area contributed by atoms with Gasteiger partial charge in [0.05, 0.1) is 6.61 Å². The molecule has 1 aliphatic heterocycles. The van der Waals surface area contributed by atoms with Gasteiger partial charge in [0, 0.05) is 25.2 Å². The predicted octanol–water partition coefficient (Wildman–Crippen LogP) is 2.45. The number of aromatic nitrogens is 1. The first-order chi connectivity index (χ1) is 9.35. The van der Waals surface area contributed by atoms with E-state index in [-0.39, 0.29) is 0 Å². The Morgan fingerprint density at radius 3 is 3.11 bits per heavy atom. The molecule has 1 aliphatic rings. The summed E-state index contributed by atoms with van der Waals surface area (Å²) in [6.45, 7) is 8.10. The monoisotopic (exact) mass is 263 g/mol. The number of ether oxygens (including phenoxy) is 1. The lowest BCUT2D eigenvalue weighted by Crippen LogP contribution is -2.38. The first kappa shape index (κ1) is 14.1. The van der Waals surface area contributed by atoms with E-state index in [2.05, 4.69) is 28.2 Å². The molecule has 1 aromatic heterocycles. The van der Waals surface area contributed by atoms with Gasteiger partial charge in [0.25, 0.3) is 0 Å². The average Bonchev–Trinajstić information content (AvgIpc) is 2.88. The third kappa shape index (κ3) is 3.83. The third-order valence-electron chi connectivity index (χ3n) is 3.48. The molecule has 0 saturated carbocycles. The van der Waals surface area contributed by atoms with Crippen LogP contribution in [0.4, 0.5) is 5.82 Å². The molecule has 0 amide bonds. The van der Waals surface area contributed by atoms with E-state index < -0.39 is 0 Å². The first-order valence-electron chi connectivity index (χ1n) is 7.42. The SMILES string of the molecule is CCCNCC1CCCN1c1cccc(OCC)n1. The minimum absolute atomic E-state index is 0.566. The molecule has 0 spiro atoms. The van der Waals surface area contributed by atoms with Gasteiger partial charge in [-0.25, -0.2) is 0 Å². The Morgan fingerprint density at radius 2 is 2.32 bits per heavy atom. The highest BCUT2D eigenvalue weighted by Crippen LogP contribution is 2.25. The van der Waals surface area contributed by atoms with Crippen molar-refractivity contribution in [2.75, 3.05) is 31.1 Å². The highest BCUT2D eigenvalue weighted by molar-refractivity contribution is 5.43. The lowest BCUT2D eigenvalue weighted by molar-refractivity contribution is 0.327. The van der Waals surface area contributed by atoms with Crippen molar-refractivity contribution in [1.82, 2.24) is 10.3 Å². The van der Waals surface area contributed by atoms with E-state index in [4.69, 9.17) is 4.74 Å². The van der Waals surface area contributed by atoms with Crippen LogP contribution >= 0.6 is 0 Å². The van der Waals surface area contributed by atoms with Gasteiger partial charge in [-0.3, -0.25) is 0 Å². The molecule has 2 rings (SSSR count). The van der Waals surface area contributed by atoms with Crippen LogP contribution in [0.15, 0.2) is 18.2 Å². The molecule has 0 radical (unpaired) electrons. The van der Waals surface area contributed by atoms with Crippen molar-refractivity contribution in [1.29, 1.82) is 0 Å². The van der Waals surface area contributed by atoms with E-state index in [1.54, 1.807) is 0 Å². The van der Waals surface area contributed by atoms with Gasteiger partial charge in [-0.2, -0.15) is 4.98 Å². The zero-order chi connectivity index (χ0) is 13.5. The molecule has 4 heteroatoms. The maximum absolute atomic E-state index is 5.49. The Balaban J connectivity index is 2.00. The summed E-state index contributed by atoms with van der Waals surface area (Å²) in [7, 11) is 0. The minimum atomic E-state index is 0.566. The van der Waals surface area contributed by atoms with E-state index in [1.165, 1.54) is 19.3 Å². The molecule has 1 aromatic rings. The van der Waals surface area contributed by atoms with Gasteiger partial charge in [0.2, 0.25) is 5.88 Å². The number of pyridine rings is 1. The second-order valence-electron chi connectivity index (χ2n) is 4.96. The Morgan fingerprint density at radius 1 is 1.42 bits per heavy atom. The van der Waals surface area contributed by atoms with E-state index >= 15 is 0 Å². The van der Waals surface area contributed by atoms with Crippen LogP contribution in [0, 0.1) is 0 Å². The number of hydrogen-bond donors (Lipinski definition) is 1. The average molecular weight is 263 g/mol. The second kappa shape index (κ2) is 7.34. The highest BCUT2D eigenvalue weighted by atomic mass is 16.5. The summed E-state index contributed by atoms with van der Waals surface area (Å²) in [5.41, 5.74) is 0. The number of nitrogens with one attached hydrogen (secondary N) is 1.